The molecule has 1 N–H and O–H groups in total. The summed E-state index contributed by atoms with van der Waals surface area (Å²) >= 11 is 0. The van der Waals surface area contributed by atoms with E-state index in [1.165, 1.54) is 23.3 Å². The van der Waals surface area contributed by atoms with Crippen molar-refractivity contribution in [2.45, 2.75) is 56.9 Å². The maximum Gasteiger partial charge on any atom is 0.316 e. The summed E-state index contributed by atoms with van der Waals surface area (Å²) in [6.45, 7) is 2.36. The number of hydrogen-bond acceptors (Lipinski definition) is 5. The third-order valence-electron chi connectivity index (χ3n) is 6.51. The zero-order valence-corrected chi connectivity index (χ0v) is 16.3. The Bertz CT molecular complexity index is 925. The monoisotopic (exact) mass is 402 g/mol. The minimum Gasteiger partial charge on any atom is -0.403 e. The van der Waals surface area contributed by atoms with Crippen LogP contribution in [0.5, 0.6) is 0 Å². The number of nitrogens with one attached hydrogen (secondary N) is 1. The van der Waals surface area contributed by atoms with Gasteiger partial charge in [0.05, 0.1) is 5.41 Å². The number of anilines is 1. The molecule has 0 radical (unpaired) electrons. The highest BCUT2D eigenvalue weighted by Gasteiger charge is 2.73. The van der Waals surface area contributed by atoms with Crippen LogP contribution in [0, 0.1) is 5.41 Å². The first kappa shape index (κ1) is 18.5. The fourth-order valence-corrected chi connectivity index (χ4v) is 4.30. The number of halogens is 2. The Morgan fingerprint density at radius 1 is 1.31 bits per heavy atom. The van der Waals surface area contributed by atoms with Gasteiger partial charge in [0.1, 0.15) is 6.04 Å². The number of carbonyl (C=O) groups excluding carboxylic acids is 1. The molecule has 1 aromatic heterocycles. The van der Waals surface area contributed by atoms with Crippen LogP contribution in [-0.2, 0) is 4.79 Å². The van der Waals surface area contributed by atoms with Gasteiger partial charge in [-0.15, -0.1) is 5.10 Å². The van der Waals surface area contributed by atoms with E-state index in [1.54, 1.807) is 0 Å². The molecule has 29 heavy (non-hydrogen) atoms. The molecule has 2 aliphatic carbocycles. The predicted octanol–water partition coefficient (Wildman–Crippen LogP) is 4.06. The SMILES string of the molecule is CCC(Nc1nnc(-c2ccc(C3CC3)cc2)o1)C(=O)N1CCC2(C1)CC2(F)F. The molecule has 3 fully saturated rings. The van der Waals surface area contributed by atoms with Crippen LogP contribution in [0.3, 0.4) is 0 Å². The number of aromatic nitrogens is 2. The zero-order chi connectivity index (χ0) is 20.2. The molecule has 1 aromatic carbocycles. The lowest BCUT2D eigenvalue weighted by molar-refractivity contribution is -0.131. The number of nitrogens with zero attached hydrogens (tertiary/aromatic N) is 3. The molecule has 3 aliphatic rings. The van der Waals surface area contributed by atoms with Gasteiger partial charge in [0.15, 0.2) is 0 Å². The van der Waals surface area contributed by atoms with E-state index in [1.807, 2.05) is 19.1 Å². The average molecular weight is 402 g/mol. The summed E-state index contributed by atoms with van der Waals surface area (Å²) in [7, 11) is 0. The minimum absolute atomic E-state index is 0.111. The number of amides is 1. The van der Waals surface area contributed by atoms with Gasteiger partial charge in [0.25, 0.3) is 5.92 Å². The molecule has 1 saturated heterocycles. The Balaban J connectivity index is 1.24. The van der Waals surface area contributed by atoms with Crippen LogP contribution < -0.4 is 5.32 Å². The summed E-state index contributed by atoms with van der Waals surface area (Å²) in [6, 6.07) is 7.68. The molecular formula is C21H24F2N4O2. The van der Waals surface area contributed by atoms with Gasteiger partial charge in [0.2, 0.25) is 11.8 Å². The molecule has 8 heteroatoms. The van der Waals surface area contributed by atoms with Crippen LogP contribution in [0.25, 0.3) is 11.5 Å². The third-order valence-corrected chi connectivity index (χ3v) is 6.51. The van der Waals surface area contributed by atoms with E-state index in [4.69, 9.17) is 4.42 Å². The summed E-state index contributed by atoms with van der Waals surface area (Å²) in [5, 5.41) is 11.1. The van der Waals surface area contributed by atoms with Crippen molar-refractivity contribution in [1.29, 1.82) is 0 Å². The molecular weight excluding hydrogens is 378 g/mol. The van der Waals surface area contributed by atoms with Gasteiger partial charge in [-0.3, -0.25) is 4.79 Å². The first-order valence-electron chi connectivity index (χ1n) is 10.3. The lowest BCUT2D eigenvalue weighted by Crippen LogP contribution is -2.42. The van der Waals surface area contributed by atoms with Crippen molar-refractivity contribution in [3.05, 3.63) is 29.8 Å². The van der Waals surface area contributed by atoms with E-state index < -0.39 is 17.4 Å². The zero-order valence-electron chi connectivity index (χ0n) is 16.3. The van der Waals surface area contributed by atoms with Gasteiger partial charge in [-0.25, -0.2) is 8.78 Å². The molecule has 1 spiro atoms. The lowest BCUT2D eigenvalue weighted by atomic mass is 10.1. The standard InChI is InChI=1S/C21H24F2N4O2/c1-2-16(18(28)27-10-9-20(12-27)11-21(20,22)23)24-19-26-25-17(29-19)15-7-5-14(6-8-15)13-3-4-13/h5-8,13,16H,2-4,9-12H2,1H3,(H,24,26). The van der Waals surface area contributed by atoms with Crippen molar-refractivity contribution in [2.24, 2.45) is 5.41 Å². The van der Waals surface area contributed by atoms with Crippen molar-refractivity contribution in [3.63, 3.8) is 0 Å². The maximum atomic E-state index is 13.6. The van der Waals surface area contributed by atoms with Crippen LogP contribution in [0.15, 0.2) is 28.7 Å². The number of hydrogen-bond donors (Lipinski definition) is 1. The smallest absolute Gasteiger partial charge is 0.316 e. The van der Waals surface area contributed by atoms with E-state index in [9.17, 15) is 13.6 Å². The van der Waals surface area contributed by atoms with E-state index >= 15 is 0 Å². The van der Waals surface area contributed by atoms with Crippen molar-refractivity contribution in [2.75, 3.05) is 18.4 Å². The quantitative estimate of drug-likeness (QED) is 0.789. The highest BCUT2D eigenvalue weighted by molar-refractivity contribution is 5.84. The molecule has 2 heterocycles. The van der Waals surface area contributed by atoms with Crippen LogP contribution in [0.4, 0.5) is 14.8 Å². The maximum absolute atomic E-state index is 13.6. The molecule has 6 nitrogen and oxygen atoms in total. The first-order chi connectivity index (χ1) is 13.9. The Morgan fingerprint density at radius 2 is 2.03 bits per heavy atom. The van der Waals surface area contributed by atoms with Crippen molar-refractivity contribution in [3.8, 4) is 11.5 Å². The van der Waals surface area contributed by atoms with Crippen molar-refractivity contribution in [1.82, 2.24) is 15.1 Å². The van der Waals surface area contributed by atoms with Crippen LogP contribution >= 0.6 is 0 Å². The van der Waals surface area contributed by atoms with E-state index in [0.717, 1.165) is 5.56 Å². The number of carbonyl (C=O) groups is 1. The Kier molecular flexibility index (Phi) is 4.15. The highest BCUT2D eigenvalue weighted by atomic mass is 19.3. The molecule has 2 aromatic rings. The summed E-state index contributed by atoms with van der Waals surface area (Å²) in [4.78, 5) is 14.4. The molecule has 2 saturated carbocycles. The average Bonchev–Trinajstić information content (AvgIpc) is 3.50. The van der Waals surface area contributed by atoms with Gasteiger partial charge in [0, 0.05) is 25.1 Å². The summed E-state index contributed by atoms with van der Waals surface area (Å²) in [6.07, 6.45) is 3.24. The number of benzene rings is 1. The molecule has 1 amide bonds. The van der Waals surface area contributed by atoms with Crippen molar-refractivity contribution >= 4 is 11.9 Å². The van der Waals surface area contributed by atoms with Crippen LogP contribution in [0.1, 0.15) is 50.5 Å². The van der Waals surface area contributed by atoms with Crippen molar-refractivity contribution < 1.29 is 18.0 Å². The summed E-state index contributed by atoms with van der Waals surface area (Å²) in [5.41, 5.74) is 1.16. The number of alkyl halides is 2. The van der Waals surface area contributed by atoms with E-state index in [-0.39, 0.29) is 24.9 Å². The summed E-state index contributed by atoms with van der Waals surface area (Å²) in [5.74, 6) is -1.76. The molecule has 2 unspecified atom stereocenters. The van der Waals surface area contributed by atoms with Gasteiger partial charge in [-0.2, -0.15) is 0 Å². The molecule has 1 aliphatic heterocycles. The molecule has 154 valence electrons. The van der Waals surface area contributed by atoms with Gasteiger partial charge >= 0.3 is 6.01 Å². The molecule has 5 rings (SSSR count). The number of rotatable bonds is 6. The Hall–Kier alpha value is -2.51. The molecule has 2 atom stereocenters. The van der Waals surface area contributed by atoms with Gasteiger partial charge < -0.3 is 14.6 Å². The van der Waals surface area contributed by atoms with E-state index in [2.05, 4.69) is 27.6 Å². The minimum atomic E-state index is -2.63. The predicted molar refractivity (Wildman–Crippen MR) is 103 cm³/mol. The first-order valence-corrected chi connectivity index (χ1v) is 10.3. The van der Waals surface area contributed by atoms with E-state index in [0.29, 0.717) is 31.2 Å². The highest BCUT2D eigenvalue weighted by Crippen LogP contribution is 2.65. The second kappa shape index (κ2) is 6.50. The Morgan fingerprint density at radius 3 is 2.62 bits per heavy atom. The number of likely N-dealkylation sites (tertiary alicyclic amines) is 1. The van der Waals surface area contributed by atoms with Gasteiger partial charge in [-0.1, -0.05) is 24.2 Å². The summed E-state index contributed by atoms with van der Waals surface area (Å²) < 4.78 is 32.9. The van der Waals surface area contributed by atoms with Gasteiger partial charge in [-0.05, 0) is 49.3 Å². The third kappa shape index (κ3) is 3.28. The second-order valence-electron chi connectivity index (χ2n) is 8.59. The second-order valence-corrected chi connectivity index (χ2v) is 8.59. The largest absolute Gasteiger partial charge is 0.403 e. The van der Waals surface area contributed by atoms with Crippen LogP contribution in [-0.4, -0.2) is 46.1 Å². The van der Waals surface area contributed by atoms with Crippen LogP contribution in [0.2, 0.25) is 0 Å². The fourth-order valence-electron chi connectivity index (χ4n) is 4.30. The fraction of sp³-hybridized carbons (Fsp3) is 0.571. The Labute approximate surface area is 167 Å². The lowest BCUT2D eigenvalue weighted by Gasteiger charge is -2.22. The topological polar surface area (TPSA) is 71.3 Å². The molecule has 0 bridgehead atoms. The normalized spacial score (nSPS) is 26.0.